The number of hydrogen-bond donors (Lipinski definition) is 2. The molecule has 5 heteroatoms. The highest BCUT2D eigenvalue weighted by molar-refractivity contribution is 6.23. The molecule has 2 amide bonds. The molecule has 88 valence electrons. The number of rotatable bonds is 4. The zero-order valence-electron chi connectivity index (χ0n) is 9.16. The first-order valence-electron chi connectivity index (χ1n) is 5.33. The molecule has 0 aromatic heterocycles. The van der Waals surface area contributed by atoms with E-state index in [9.17, 15) is 14.4 Å². The van der Waals surface area contributed by atoms with Crippen molar-refractivity contribution in [2.45, 2.75) is 12.8 Å². The molecular weight excluding hydrogens is 220 g/mol. The van der Waals surface area contributed by atoms with Gasteiger partial charge in [0.1, 0.15) is 0 Å². The van der Waals surface area contributed by atoms with Crippen molar-refractivity contribution < 1.29 is 14.4 Å². The van der Waals surface area contributed by atoms with Gasteiger partial charge >= 0.3 is 0 Å². The van der Waals surface area contributed by atoms with Crippen molar-refractivity contribution in [3.05, 3.63) is 29.3 Å². The molecule has 0 unspecified atom stereocenters. The van der Waals surface area contributed by atoms with E-state index in [4.69, 9.17) is 0 Å². The maximum absolute atomic E-state index is 11.1. The van der Waals surface area contributed by atoms with E-state index in [0.717, 1.165) is 16.8 Å². The molecule has 1 aliphatic rings. The predicted octanol–water partition coefficient (Wildman–Crippen LogP) is 0.0388. The molecule has 1 aliphatic heterocycles. The number of carbonyl (C=O) groups excluding carboxylic acids is 3. The maximum Gasteiger partial charge on any atom is 0.284 e. The molecule has 0 aliphatic carbocycles. The van der Waals surface area contributed by atoms with E-state index in [1.807, 2.05) is 18.2 Å². The third-order valence-electron chi connectivity index (χ3n) is 2.61. The van der Waals surface area contributed by atoms with Gasteiger partial charge in [0.05, 0.1) is 6.42 Å². The van der Waals surface area contributed by atoms with E-state index < -0.39 is 5.91 Å². The fourth-order valence-corrected chi connectivity index (χ4v) is 1.81. The molecule has 5 nitrogen and oxygen atoms in total. The van der Waals surface area contributed by atoms with Crippen molar-refractivity contribution in [1.82, 2.24) is 5.32 Å². The Morgan fingerprint density at radius 1 is 1.47 bits per heavy atom. The third-order valence-corrected chi connectivity index (χ3v) is 2.61. The second-order valence-corrected chi connectivity index (χ2v) is 3.88. The SMILES string of the molecule is O=CC(=O)NCCc1ccc2c(c1)CC(=O)N2. The summed E-state index contributed by atoms with van der Waals surface area (Å²) in [4.78, 5) is 31.9. The van der Waals surface area contributed by atoms with Gasteiger partial charge in [-0.25, -0.2) is 0 Å². The highest BCUT2D eigenvalue weighted by Gasteiger charge is 2.17. The average Bonchev–Trinajstić information content (AvgIpc) is 2.68. The predicted molar refractivity (Wildman–Crippen MR) is 61.6 cm³/mol. The van der Waals surface area contributed by atoms with E-state index in [0.29, 0.717) is 19.4 Å². The van der Waals surface area contributed by atoms with E-state index >= 15 is 0 Å². The van der Waals surface area contributed by atoms with Crippen LogP contribution in [-0.2, 0) is 27.2 Å². The zero-order chi connectivity index (χ0) is 12.3. The maximum atomic E-state index is 11.1. The van der Waals surface area contributed by atoms with Crippen LogP contribution in [0.15, 0.2) is 18.2 Å². The molecule has 1 aromatic carbocycles. The molecule has 0 bridgehead atoms. The van der Waals surface area contributed by atoms with Gasteiger partial charge in [-0.1, -0.05) is 12.1 Å². The van der Waals surface area contributed by atoms with Crippen LogP contribution in [0.25, 0.3) is 0 Å². The normalized spacial score (nSPS) is 12.8. The molecule has 0 spiro atoms. The first-order valence-corrected chi connectivity index (χ1v) is 5.33. The van der Waals surface area contributed by atoms with Crippen LogP contribution in [0.3, 0.4) is 0 Å². The summed E-state index contributed by atoms with van der Waals surface area (Å²) in [6, 6.07) is 5.70. The minimum absolute atomic E-state index is 0.00593. The van der Waals surface area contributed by atoms with Gasteiger partial charge in [-0.3, -0.25) is 14.4 Å². The molecule has 1 heterocycles. The largest absolute Gasteiger partial charge is 0.349 e. The Morgan fingerprint density at radius 3 is 3.06 bits per heavy atom. The Labute approximate surface area is 98.2 Å². The summed E-state index contributed by atoms with van der Waals surface area (Å²) in [5.41, 5.74) is 2.87. The molecule has 1 aromatic rings. The van der Waals surface area contributed by atoms with Crippen LogP contribution in [0.4, 0.5) is 5.69 Å². The minimum atomic E-state index is -0.608. The van der Waals surface area contributed by atoms with E-state index in [-0.39, 0.29) is 12.2 Å². The van der Waals surface area contributed by atoms with Gasteiger partial charge in [-0.05, 0) is 23.6 Å². The van der Waals surface area contributed by atoms with Crippen LogP contribution >= 0.6 is 0 Å². The Bertz CT molecular complexity index is 483. The zero-order valence-corrected chi connectivity index (χ0v) is 9.16. The lowest BCUT2D eigenvalue weighted by Gasteiger charge is -2.04. The monoisotopic (exact) mass is 232 g/mol. The lowest BCUT2D eigenvalue weighted by atomic mass is 10.1. The number of carbonyl (C=O) groups is 3. The van der Waals surface area contributed by atoms with Gasteiger partial charge in [0.2, 0.25) is 12.2 Å². The van der Waals surface area contributed by atoms with Crippen molar-refractivity contribution in [2.24, 2.45) is 0 Å². The number of fused-ring (bicyclic) bond motifs is 1. The molecule has 2 N–H and O–H groups in total. The van der Waals surface area contributed by atoms with Gasteiger partial charge < -0.3 is 10.6 Å². The van der Waals surface area contributed by atoms with Crippen LogP contribution in [0.1, 0.15) is 11.1 Å². The molecule has 0 radical (unpaired) electrons. The van der Waals surface area contributed by atoms with Crippen LogP contribution in [0, 0.1) is 0 Å². The van der Waals surface area contributed by atoms with Gasteiger partial charge in [0.25, 0.3) is 5.91 Å². The molecular formula is C12H12N2O3. The summed E-state index contributed by atoms with van der Waals surface area (Å²) in [6.07, 6.45) is 1.30. The summed E-state index contributed by atoms with van der Waals surface area (Å²) in [7, 11) is 0. The van der Waals surface area contributed by atoms with Crippen LogP contribution in [0.5, 0.6) is 0 Å². The fourth-order valence-electron chi connectivity index (χ4n) is 1.81. The molecule has 0 saturated heterocycles. The summed E-state index contributed by atoms with van der Waals surface area (Å²) in [5.74, 6) is -0.602. The Morgan fingerprint density at radius 2 is 2.29 bits per heavy atom. The summed E-state index contributed by atoms with van der Waals surface area (Å²) >= 11 is 0. The van der Waals surface area contributed by atoms with Crippen molar-refractivity contribution in [2.75, 3.05) is 11.9 Å². The lowest BCUT2D eigenvalue weighted by molar-refractivity contribution is -0.131. The first-order chi connectivity index (χ1) is 8.19. The third kappa shape index (κ3) is 2.69. The van der Waals surface area contributed by atoms with Crippen molar-refractivity contribution in [3.63, 3.8) is 0 Å². The second-order valence-electron chi connectivity index (χ2n) is 3.88. The van der Waals surface area contributed by atoms with E-state index in [2.05, 4.69) is 10.6 Å². The lowest BCUT2D eigenvalue weighted by Crippen LogP contribution is -2.26. The second kappa shape index (κ2) is 4.78. The number of benzene rings is 1. The molecule has 0 fully saturated rings. The summed E-state index contributed by atoms with van der Waals surface area (Å²) in [5, 5.41) is 5.22. The molecule has 17 heavy (non-hydrogen) atoms. The molecule has 0 atom stereocenters. The topological polar surface area (TPSA) is 75.3 Å². The standard InChI is InChI=1S/C12H12N2O3/c15-7-12(17)13-4-3-8-1-2-10-9(5-8)6-11(16)14-10/h1-2,5,7H,3-4,6H2,(H,13,17)(H,14,16). The Balaban J connectivity index is 1.95. The smallest absolute Gasteiger partial charge is 0.284 e. The van der Waals surface area contributed by atoms with Gasteiger partial charge in [-0.15, -0.1) is 0 Å². The summed E-state index contributed by atoms with van der Waals surface area (Å²) in [6.45, 7) is 0.414. The van der Waals surface area contributed by atoms with Crippen molar-refractivity contribution >= 4 is 23.8 Å². The highest BCUT2D eigenvalue weighted by Crippen LogP contribution is 2.23. The van der Waals surface area contributed by atoms with E-state index in [1.165, 1.54) is 0 Å². The quantitative estimate of drug-likeness (QED) is 0.568. The summed E-state index contributed by atoms with van der Waals surface area (Å²) < 4.78 is 0. The number of nitrogens with one attached hydrogen (secondary N) is 2. The first kappa shape index (κ1) is 11.3. The number of amides is 2. The van der Waals surface area contributed by atoms with Crippen molar-refractivity contribution in [1.29, 1.82) is 0 Å². The van der Waals surface area contributed by atoms with Crippen LogP contribution in [0.2, 0.25) is 0 Å². The van der Waals surface area contributed by atoms with Gasteiger partial charge in [-0.2, -0.15) is 0 Å². The van der Waals surface area contributed by atoms with Crippen molar-refractivity contribution in [3.8, 4) is 0 Å². The van der Waals surface area contributed by atoms with Gasteiger partial charge in [0, 0.05) is 12.2 Å². The van der Waals surface area contributed by atoms with Gasteiger partial charge in [0.15, 0.2) is 0 Å². The van der Waals surface area contributed by atoms with Crippen LogP contribution < -0.4 is 10.6 Å². The van der Waals surface area contributed by atoms with E-state index in [1.54, 1.807) is 0 Å². The Kier molecular flexibility index (Phi) is 3.18. The number of hydrogen-bond acceptors (Lipinski definition) is 3. The average molecular weight is 232 g/mol. The Hall–Kier alpha value is -2.17. The molecule has 0 saturated carbocycles. The van der Waals surface area contributed by atoms with Crippen LogP contribution in [-0.4, -0.2) is 24.6 Å². The minimum Gasteiger partial charge on any atom is -0.349 e. The number of anilines is 1. The highest BCUT2D eigenvalue weighted by atomic mass is 16.2. The fraction of sp³-hybridized carbons (Fsp3) is 0.250. The molecule has 2 rings (SSSR count). The number of aldehydes is 1.